The second-order valence-electron chi connectivity index (χ2n) is 12.3. The molecule has 1 amide bonds. The van der Waals surface area contributed by atoms with Gasteiger partial charge in [0.15, 0.2) is 5.54 Å². The van der Waals surface area contributed by atoms with Gasteiger partial charge in [-0.1, -0.05) is 6.07 Å². The highest BCUT2D eigenvalue weighted by Crippen LogP contribution is 2.56. The number of amides is 1. The molecule has 13 nitrogen and oxygen atoms in total. The quantitative estimate of drug-likeness (QED) is 0.266. The van der Waals surface area contributed by atoms with E-state index >= 15 is 4.79 Å². The maximum absolute atomic E-state index is 15.6. The number of hydrogen-bond donors (Lipinski definition) is 2. The number of fused-ring (bicyclic) bond motifs is 1. The van der Waals surface area contributed by atoms with Crippen LogP contribution in [0.5, 0.6) is 11.5 Å². The van der Waals surface area contributed by atoms with Crippen LogP contribution >= 0.6 is 0 Å². The first-order valence-electron chi connectivity index (χ1n) is 16.0. The predicted octanol–water partition coefficient (Wildman–Crippen LogP) is 2.76. The topological polar surface area (TPSA) is 161 Å². The third kappa shape index (κ3) is 5.44. The summed E-state index contributed by atoms with van der Waals surface area (Å²) in [5.74, 6) is 0.235. The first-order chi connectivity index (χ1) is 23.7. The molecule has 1 aromatic heterocycles. The van der Waals surface area contributed by atoms with Gasteiger partial charge in [0, 0.05) is 50.4 Å². The summed E-state index contributed by atoms with van der Waals surface area (Å²) in [5.41, 5.74) is -0.0704. The third-order valence-corrected chi connectivity index (χ3v) is 11.3. The summed E-state index contributed by atoms with van der Waals surface area (Å²) in [6, 6.07) is 17.3. The van der Waals surface area contributed by atoms with Gasteiger partial charge in [-0.2, -0.15) is 5.26 Å². The van der Waals surface area contributed by atoms with Crippen LogP contribution in [0, 0.1) is 11.3 Å². The van der Waals surface area contributed by atoms with Gasteiger partial charge in [0.05, 0.1) is 54.8 Å². The van der Waals surface area contributed by atoms with Gasteiger partial charge in [0.2, 0.25) is 5.89 Å². The van der Waals surface area contributed by atoms with Crippen molar-refractivity contribution in [3.05, 3.63) is 101 Å². The Balaban J connectivity index is 1.51. The number of aliphatic hydroxyl groups is 1. The second-order valence-corrected chi connectivity index (χ2v) is 14.1. The Kier molecular flexibility index (Phi) is 8.64. The highest BCUT2D eigenvalue weighted by molar-refractivity contribution is 7.93. The maximum Gasteiger partial charge on any atom is 0.271 e. The van der Waals surface area contributed by atoms with Gasteiger partial charge >= 0.3 is 0 Å². The number of nitrogens with one attached hydrogen (secondary N) is 1. The molecule has 4 aromatic rings. The fraction of sp³-hybridized carbons (Fsp3) is 0.343. The summed E-state index contributed by atoms with van der Waals surface area (Å²) >= 11 is 0. The number of piperazine rings is 1. The van der Waals surface area contributed by atoms with Crippen LogP contribution in [0.1, 0.15) is 40.6 Å². The molecule has 3 aliphatic heterocycles. The lowest BCUT2D eigenvalue weighted by molar-refractivity contribution is -0.127. The number of sulfonamides is 1. The third-order valence-electron chi connectivity index (χ3n) is 9.54. The molecular weight excluding hydrogens is 648 g/mol. The lowest BCUT2D eigenvalue weighted by atomic mass is 9.79. The Morgan fingerprint density at radius 1 is 1.06 bits per heavy atom. The van der Waals surface area contributed by atoms with Gasteiger partial charge in [-0.15, -0.1) is 0 Å². The lowest BCUT2D eigenvalue weighted by Crippen LogP contribution is -2.55. The molecular formula is C35H36N6O7S. The Bertz CT molecular complexity index is 2010. The number of carbonyl (C=O) groups excluding carboxylic acids is 1. The molecule has 4 heterocycles. The predicted molar refractivity (Wildman–Crippen MR) is 177 cm³/mol. The zero-order chi connectivity index (χ0) is 34.3. The monoisotopic (exact) mass is 684 g/mol. The molecule has 0 saturated carbocycles. The average Bonchev–Trinajstić information content (AvgIpc) is 3.85. The number of anilines is 1. The van der Waals surface area contributed by atoms with Crippen LogP contribution in [0.3, 0.4) is 0 Å². The van der Waals surface area contributed by atoms with Crippen molar-refractivity contribution in [1.82, 2.24) is 20.1 Å². The van der Waals surface area contributed by atoms with E-state index in [1.807, 2.05) is 12.1 Å². The first-order valence-corrected chi connectivity index (χ1v) is 17.4. The number of aliphatic hydroxyl groups excluding tert-OH is 1. The molecule has 3 aromatic carbocycles. The van der Waals surface area contributed by atoms with E-state index in [1.165, 1.54) is 63.1 Å². The van der Waals surface area contributed by atoms with E-state index in [0.29, 0.717) is 23.6 Å². The number of aromatic nitrogens is 1. The minimum absolute atomic E-state index is 0.0311. The van der Waals surface area contributed by atoms with Gasteiger partial charge in [0.1, 0.15) is 17.8 Å². The van der Waals surface area contributed by atoms with Crippen molar-refractivity contribution in [2.24, 2.45) is 0 Å². The fourth-order valence-electron chi connectivity index (χ4n) is 7.31. The van der Waals surface area contributed by atoms with Crippen LogP contribution < -0.4 is 19.1 Å². The minimum Gasteiger partial charge on any atom is -0.497 e. The Morgan fingerprint density at radius 3 is 2.51 bits per heavy atom. The van der Waals surface area contributed by atoms with Crippen molar-refractivity contribution in [2.75, 3.05) is 51.2 Å². The maximum atomic E-state index is 15.6. The standard InChI is InChI=1S/C35H36N6O7S/c1-46-26-5-7-27(8-6-26)49(44,45)41-30-9-3-23(20-36)17-28(30)35(34(41)43,40-22-25(42)19-31(40)33-38-13-16-48-33)29-18-24(4-10-32(29)47-2)21-39-14-11-37-12-15-39/h3-10,13,16-18,25,31,37,42H,11-12,14-15,19,21-22H2,1-2H3. The van der Waals surface area contributed by atoms with E-state index in [0.717, 1.165) is 36.0 Å². The Labute approximate surface area is 284 Å². The highest BCUT2D eigenvalue weighted by Gasteiger charge is 2.63. The Morgan fingerprint density at radius 2 is 1.84 bits per heavy atom. The molecule has 3 atom stereocenters. The van der Waals surface area contributed by atoms with Crippen LogP contribution in [-0.2, 0) is 26.9 Å². The fourth-order valence-corrected chi connectivity index (χ4v) is 8.77. The molecule has 254 valence electrons. The van der Waals surface area contributed by atoms with Gasteiger partial charge in [-0.3, -0.25) is 14.6 Å². The molecule has 0 bridgehead atoms. The van der Waals surface area contributed by atoms with Crippen LogP contribution in [0.25, 0.3) is 0 Å². The Hall–Kier alpha value is -4.78. The van der Waals surface area contributed by atoms with Crippen molar-refractivity contribution < 1.29 is 32.2 Å². The van der Waals surface area contributed by atoms with Gasteiger partial charge in [0.25, 0.3) is 15.9 Å². The summed E-state index contributed by atoms with van der Waals surface area (Å²) in [6.45, 7) is 3.90. The van der Waals surface area contributed by atoms with Gasteiger partial charge < -0.3 is 24.3 Å². The number of hydrogen-bond acceptors (Lipinski definition) is 12. The first kappa shape index (κ1) is 32.8. The number of β-amino-alcohol motifs (C(OH)–C–C–N with tert-alkyl or cyclic N) is 1. The van der Waals surface area contributed by atoms with Gasteiger partial charge in [-0.05, 0) is 66.6 Å². The molecule has 14 heteroatoms. The summed E-state index contributed by atoms with van der Waals surface area (Å²) in [5, 5.41) is 24.6. The van der Waals surface area contributed by atoms with Crippen LogP contribution in [0.4, 0.5) is 5.69 Å². The van der Waals surface area contributed by atoms with E-state index in [1.54, 1.807) is 17.0 Å². The van der Waals surface area contributed by atoms with Crippen LogP contribution in [0.15, 0.2) is 82.4 Å². The van der Waals surface area contributed by atoms with Crippen molar-refractivity contribution in [3.63, 3.8) is 0 Å². The summed E-state index contributed by atoms with van der Waals surface area (Å²) in [4.78, 5) is 23.9. The lowest BCUT2D eigenvalue weighted by Gasteiger charge is -2.41. The molecule has 3 aliphatic rings. The molecule has 0 radical (unpaired) electrons. The minimum atomic E-state index is -4.53. The number of likely N-dealkylation sites (tertiary alicyclic amines) is 1. The molecule has 49 heavy (non-hydrogen) atoms. The number of oxazole rings is 1. The normalized spacial score (nSPS) is 23.0. The van der Waals surface area contributed by atoms with E-state index in [9.17, 15) is 18.8 Å². The SMILES string of the molecule is COc1ccc(S(=O)(=O)N2C(=O)C(c3cc(CN4CCNCC4)ccc3OC)(N3CC(O)CC3c3ncco3)c3cc(C#N)ccc32)cc1. The highest BCUT2D eigenvalue weighted by atomic mass is 32.2. The molecule has 7 rings (SSSR count). The van der Waals surface area contributed by atoms with Crippen molar-refractivity contribution in [1.29, 1.82) is 5.26 Å². The molecule has 2 fully saturated rings. The number of nitriles is 1. The molecule has 2 N–H and O–H groups in total. The molecule has 0 spiro atoms. The van der Waals surface area contributed by atoms with Crippen LogP contribution in [0.2, 0.25) is 0 Å². The smallest absolute Gasteiger partial charge is 0.271 e. The number of rotatable bonds is 9. The summed E-state index contributed by atoms with van der Waals surface area (Å²) in [6.07, 6.45) is 2.15. The average molecular weight is 685 g/mol. The second kappa shape index (κ2) is 12.9. The van der Waals surface area contributed by atoms with Gasteiger partial charge in [-0.25, -0.2) is 17.7 Å². The summed E-state index contributed by atoms with van der Waals surface area (Å²) in [7, 11) is -1.56. The van der Waals surface area contributed by atoms with E-state index in [-0.39, 0.29) is 40.6 Å². The van der Waals surface area contributed by atoms with E-state index in [4.69, 9.17) is 13.9 Å². The molecule has 0 aliphatic carbocycles. The van der Waals surface area contributed by atoms with Crippen molar-refractivity contribution in [3.8, 4) is 17.6 Å². The number of nitrogens with zero attached hydrogens (tertiary/aromatic N) is 5. The number of carbonyl (C=O) groups is 1. The van der Waals surface area contributed by atoms with Crippen LogP contribution in [-0.4, -0.2) is 87.3 Å². The van der Waals surface area contributed by atoms with E-state index < -0.39 is 33.6 Å². The molecule has 3 unspecified atom stereocenters. The van der Waals surface area contributed by atoms with Crippen molar-refractivity contribution in [2.45, 2.75) is 35.5 Å². The molecule has 2 saturated heterocycles. The number of ether oxygens (including phenoxy) is 2. The van der Waals surface area contributed by atoms with E-state index in [2.05, 4.69) is 21.3 Å². The number of methoxy groups -OCH3 is 2. The largest absolute Gasteiger partial charge is 0.497 e. The number of benzene rings is 3. The zero-order valence-electron chi connectivity index (χ0n) is 27.1. The van der Waals surface area contributed by atoms with Crippen molar-refractivity contribution >= 4 is 21.6 Å². The summed E-state index contributed by atoms with van der Waals surface area (Å²) < 4.78 is 47.0. The zero-order valence-corrected chi connectivity index (χ0v) is 27.9.